The van der Waals surface area contributed by atoms with Gasteiger partial charge in [0, 0.05) is 44.2 Å². The van der Waals surface area contributed by atoms with Crippen LogP contribution in [0.3, 0.4) is 0 Å². The van der Waals surface area contributed by atoms with Crippen molar-refractivity contribution in [2.24, 2.45) is 7.05 Å². The number of hydrogen-bond donors (Lipinski definition) is 1. The fraction of sp³-hybridized carbons (Fsp3) is 0.348. The molecule has 2 saturated heterocycles. The average Bonchev–Trinajstić information content (AvgIpc) is 3.17. The number of nitrogens with zero attached hydrogens (tertiary/aromatic N) is 4. The Kier molecular flexibility index (Phi) is 4.75. The van der Waals surface area contributed by atoms with E-state index in [0.717, 1.165) is 22.0 Å². The molecule has 3 aromatic rings. The highest BCUT2D eigenvalue weighted by atomic mass is 16.5. The molecule has 160 valence electrons. The van der Waals surface area contributed by atoms with Crippen LogP contribution in [0.25, 0.3) is 22.0 Å². The molecule has 5 rings (SSSR count). The first-order chi connectivity index (χ1) is 14.9. The Balaban J connectivity index is 1.25. The highest BCUT2D eigenvalue weighted by molar-refractivity contribution is 5.95. The summed E-state index contributed by atoms with van der Waals surface area (Å²) >= 11 is 0. The Hall–Kier alpha value is -3.23. The highest BCUT2D eigenvalue weighted by Crippen LogP contribution is 2.25. The number of aromatic nitrogens is 2. The van der Waals surface area contributed by atoms with Crippen molar-refractivity contribution < 1.29 is 19.4 Å². The van der Waals surface area contributed by atoms with E-state index >= 15 is 0 Å². The van der Waals surface area contributed by atoms with Gasteiger partial charge in [-0.25, -0.2) is 0 Å². The van der Waals surface area contributed by atoms with Gasteiger partial charge in [-0.1, -0.05) is 24.3 Å². The van der Waals surface area contributed by atoms with Crippen LogP contribution < -0.4 is 0 Å². The quantitative estimate of drug-likeness (QED) is 0.690. The van der Waals surface area contributed by atoms with E-state index in [1.54, 1.807) is 9.80 Å². The third-order valence-electron chi connectivity index (χ3n) is 6.15. The zero-order valence-electron chi connectivity index (χ0n) is 17.3. The van der Waals surface area contributed by atoms with E-state index in [-0.39, 0.29) is 25.0 Å². The second-order valence-corrected chi connectivity index (χ2v) is 8.23. The molecule has 2 amide bonds. The maximum Gasteiger partial charge on any atom is 0.259 e. The lowest BCUT2D eigenvalue weighted by Gasteiger charge is -2.42. The molecule has 8 nitrogen and oxygen atoms in total. The molecule has 2 fully saturated rings. The Morgan fingerprint density at radius 1 is 0.968 bits per heavy atom. The lowest BCUT2D eigenvalue weighted by Crippen LogP contribution is -2.64. The number of hydrogen-bond acceptors (Lipinski definition) is 5. The lowest BCUT2D eigenvalue weighted by atomic mass is 10.00. The number of amides is 2. The number of benzene rings is 2. The summed E-state index contributed by atoms with van der Waals surface area (Å²) < 4.78 is 6.81. The van der Waals surface area contributed by atoms with Gasteiger partial charge in [-0.15, -0.1) is 0 Å². The smallest absolute Gasteiger partial charge is 0.259 e. The van der Waals surface area contributed by atoms with Crippen LogP contribution in [0.2, 0.25) is 0 Å². The number of fused-ring (bicyclic) bond motifs is 1. The van der Waals surface area contributed by atoms with Gasteiger partial charge in [0.05, 0.1) is 24.9 Å². The third kappa shape index (κ3) is 3.47. The maximum atomic E-state index is 12.9. The molecule has 0 aliphatic carbocycles. The monoisotopic (exact) mass is 420 g/mol. The maximum absolute atomic E-state index is 12.9. The van der Waals surface area contributed by atoms with Crippen molar-refractivity contribution in [3.63, 3.8) is 0 Å². The Morgan fingerprint density at radius 2 is 1.61 bits per heavy atom. The van der Waals surface area contributed by atoms with E-state index in [2.05, 4.69) is 17.2 Å². The zero-order valence-corrected chi connectivity index (χ0v) is 17.3. The number of aryl methyl sites for hydroxylation is 1. The van der Waals surface area contributed by atoms with Crippen LogP contribution >= 0.6 is 0 Å². The van der Waals surface area contributed by atoms with Crippen LogP contribution in [-0.2, 0) is 16.6 Å². The molecule has 0 unspecified atom stereocenters. The van der Waals surface area contributed by atoms with Gasteiger partial charge >= 0.3 is 0 Å². The number of piperazine rings is 1. The molecular weight excluding hydrogens is 396 g/mol. The van der Waals surface area contributed by atoms with Gasteiger partial charge < -0.3 is 19.6 Å². The SMILES string of the molecule is Cn1ncc2ccc(-c3ccc(C(=O)N4CCN(C(=O)C5(O)COC5)CC4)cc3)cc21. The standard InChI is InChI=1S/C23H24N4O4/c1-25-20-12-18(6-7-19(20)13-24-25)16-2-4-17(5-3-16)21(28)26-8-10-27(11-9-26)22(29)23(30)14-31-15-23/h2-7,12-13,30H,8-11,14-15H2,1H3. The van der Waals surface area contributed by atoms with Gasteiger partial charge in [-0.05, 0) is 29.3 Å². The van der Waals surface area contributed by atoms with Gasteiger partial charge in [-0.3, -0.25) is 14.3 Å². The first kappa shape index (κ1) is 19.7. The summed E-state index contributed by atoms with van der Waals surface area (Å²) in [6, 6.07) is 13.8. The Morgan fingerprint density at radius 3 is 2.26 bits per heavy atom. The van der Waals surface area contributed by atoms with Gasteiger partial charge in [-0.2, -0.15) is 5.10 Å². The summed E-state index contributed by atoms with van der Waals surface area (Å²) in [5, 5.41) is 15.5. The van der Waals surface area contributed by atoms with Crippen LogP contribution in [0, 0.1) is 0 Å². The summed E-state index contributed by atoms with van der Waals surface area (Å²) in [7, 11) is 1.92. The highest BCUT2D eigenvalue weighted by Gasteiger charge is 2.46. The summed E-state index contributed by atoms with van der Waals surface area (Å²) in [4.78, 5) is 28.7. The molecule has 0 radical (unpaired) electrons. The number of aliphatic hydroxyl groups is 1. The molecule has 2 aliphatic heterocycles. The van der Waals surface area contributed by atoms with Crippen LogP contribution in [0.15, 0.2) is 48.7 Å². The molecule has 3 heterocycles. The predicted molar refractivity (Wildman–Crippen MR) is 114 cm³/mol. The van der Waals surface area contributed by atoms with Crippen molar-refractivity contribution in [3.8, 4) is 11.1 Å². The minimum atomic E-state index is -1.39. The van der Waals surface area contributed by atoms with Crippen molar-refractivity contribution in [1.29, 1.82) is 0 Å². The van der Waals surface area contributed by atoms with E-state index in [1.165, 1.54) is 0 Å². The molecule has 1 N–H and O–H groups in total. The molecule has 0 spiro atoms. The summed E-state index contributed by atoms with van der Waals surface area (Å²) in [6.45, 7) is 1.81. The van der Waals surface area contributed by atoms with Crippen molar-refractivity contribution >= 4 is 22.7 Å². The second kappa shape index (κ2) is 7.47. The van der Waals surface area contributed by atoms with Gasteiger partial charge in [0.15, 0.2) is 5.60 Å². The topological polar surface area (TPSA) is 87.9 Å². The van der Waals surface area contributed by atoms with Crippen LogP contribution in [-0.4, -0.2) is 81.5 Å². The van der Waals surface area contributed by atoms with Crippen molar-refractivity contribution in [3.05, 3.63) is 54.2 Å². The molecule has 0 saturated carbocycles. The number of carbonyl (C=O) groups excluding carboxylic acids is 2. The van der Waals surface area contributed by atoms with E-state index in [1.807, 2.05) is 48.3 Å². The molecule has 0 atom stereocenters. The number of carbonyl (C=O) groups is 2. The largest absolute Gasteiger partial charge is 0.376 e. The van der Waals surface area contributed by atoms with E-state index in [0.29, 0.717) is 31.7 Å². The summed E-state index contributed by atoms with van der Waals surface area (Å²) in [6.07, 6.45) is 1.84. The molecule has 2 aromatic carbocycles. The van der Waals surface area contributed by atoms with Crippen LogP contribution in [0.4, 0.5) is 0 Å². The third-order valence-corrected chi connectivity index (χ3v) is 6.15. The lowest BCUT2D eigenvalue weighted by molar-refractivity contribution is -0.201. The average molecular weight is 420 g/mol. The Bertz CT molecular complexity index is 1140. The Labute approximate surface area is 179 Å². The van der Waals surface area contributed by atoms with Crippen molar-refractivity contribution in [2.75, 3.05) is 39.4 Å². The fourth-order valence-electron chi connectivity index (χ4n) is 4.14. The predicted octanol–water partition coefficient (Wildman–Crippen LogP) is 1.29. The molecule has 0 bridgehead atoms. The van der Waals surface area contributed by atoms with E-state index < -0.39 is 5.60 Å². The van der Waals surface area contributed by atoms with E-state index in [4.69, 9.17) is 4.74 Å². The van der Waals surface area contributed by atoms with Gasteiger partial charge in [0.2, 0.25) is 0 Å². The second-order valence-electron chi connectivity index (χ2n) is 8.23. The fourth-order valence-corrected chi connectivity index (χ4v) is 4.14. The molecule has 8 heteroatoms. The zero-order chi connectivity index (χ0) is 21.6. The van der Waals surface area contributed by atoms with Gasteiger partial charge in [0.1, 0.15) is 0 Å². The first-order valence-corrected chi connectivity index (χ1v) is 10.4. The number of ether oxygens (including phenoxy) is 1. The van der Waals surface area contributed by atoms with E-state index in [9.17, 15) is 14.7 Å². The minimum Gasteiger partial charge on any atom is -0.376 e. The van der Waals surface area contributed by atoms with Crippen molar-refractivity contribution in [1.82, 2.24) is 19.6 Å². The first-order valence-electron chi connectivity index (χ1n) is 10.4. The summed E-state index contributed by atoms with van der Waals surface area (Å²) in [5.74, 6) is -0.355. The van der Waals surface area contributed by atoms with Gasteiger partial charge in [0.25, 0.3) is 11.8 Å². The van der Waals surface area contributed by atoms with Crippen molar-refractivity contribution in [2.45, 2.75) is 5.60 Å². The minimum absolute atomic E-state index is 0.0465. The van der Waals surface area contributed by atoms with Crippen LogP contribution in [0.1, 0.15) is 10.4 Å². The molecule has 1 aromatic heterocycles. The molecule has 2 aliphatic rings. The molecular formula is C23H24N4O4. The normalized spacial score (nSPS) is 18.1. The van der Waals surface area contributed by atoms with Crippen LogP contribution in [0.5, 0.6) is 0 Å². The molecule has 31 heavy (non-hydrogen) atoms. The summed E-state index contributed by atoms with van der Waals surface area (Å²) in [5.41, 5.74) is 2.39. The number of rotatable bonds is 3.